The Morgan fingerprint density at radius 2 is 2.12 bits per heavy atom. The maximum atomic E-state index is 12.3. The van der Waals surface area contributed by atoms with Crippen LogP contribution in [0, 0.1) is 0 Å². The lowest BCUT2D eigenvalue weighted by Crippen LogP contribution is -2.49. The number of aliphatic hydroxyl groups excluding tert-OH is 1. The van der Waals surface area contributed by atoms with Crippen molar-refractivity contribution in [3.8, 4) is 0 Å². The number of aliphatic hydroxyl groups is 1. The van der Waals surface area contributed by atoms with Crippen LogP contribution in [-0.2, 0) is 9.84 Å². The Bertz CT molecular complexity index is 544. The Kier molecular flexibility index (Phi) is 3.22. The Balaban J connectivity index is 2.70. The molecule has 0 radical (unpaired) electrons. The van der Waals surface area contributed by atoms with E-state index in [9.17, 15) is 13.5 Å². The average Bonchev–Trinajstić information content (AvgIpc) is 2.26. The van der Waals surface area contributed by atoms with Crippen LogP contribution in [-0.4, -0.2) is 38.5 Å². The standard InChI is InChI=1S/C11H14BrNO3S/c1-7-11(6-14)17(15,16)10-4-3-8(12)5-9(10)13(7)2/h3-5,7,11,14H,6H2,1-2H3. The first-order chi connectivity index (χ1) is 7.89. The molecule has 0 amide bonds. The molecule has 1 N–H and O–H groups in total. The van der Waals surface area contributed by atoms with E-state index in [2.05, 4.69) is 15.9 Å². The summed E-state index contributed by atoms with van der Waals surface area (Å²) in [6.45, 7) is 1.45. The van der Waals surface area contributed by atoms with Gasteiger partial charge in [-0.3, -0.25) is 0 Å². The van der Waals surface area contributed by atoms with Crippen molar-refractivity contribution >= 4 is 31.5 Å². The van der Waals surface area contributed by atoms with Crippen molar-refractivity contribution in [3.63, 3.8) is 0 Å². The van der Waals surface area contributed by atoms with Crippen molar-refractivity contribution < 1.29 is 13.5 Å². The Labute approximate surface area is 109 Å². The largest absolute Gasteiger partial charge is 0.395 e. The minimum atomic E-state index is -3.44. The van der Waals surface area contributed by atoms with E-state index in [4.69, 9.17) is 0 Å². The molecule has 2 unspecified atom stereocenters. The van der Waals surface area contributed by atoms with Gasteiger partial charge in [0.15, 0.2) is 9.84 Å². The smallest absolute Gasteiger partial charge is 0.187 e. The number of nitrogens with zero attached hydrogens (tertiary/aromatic N) is 1. The summed E-state index contributed by atoms with van der Waals surface area (Å²) < 4.78 is 25.4. The minimum Gasteiger partial charge on any atom is -0.395 e. The van der Waals surface area contributed by atoms with E-state index < -0.39 is 15.1 Å². The molecule has 4 nitrogen and oxygen atoms in total. The molecule has 2 atom stereocenters. The third-order valence-electron chi connectivity index (χ3n) is 3.33. The predicted molar refractivity (Wildman–Crippen MR) is 70.1 cm³/mol. The molecule has 94 valence electrons. The van der Waals surface area contributed by atoms with Gasteiger partial charge in [0, 0.05) is 17.6 Å². The minimum absolute atomic E-state index is 0.244. The van der Waals surface area contributed by atoms with Gasteiger partial charge in [0.2, 0.25) is 0 Å². The molecule has 6 heteroatoms. The number of halogens is 1. The highest BCUT2D eigenvalue weighted by Crippen LogP contribution is 2.37. The summed E-state index contributed by atoms with van der Waals surface area (Å²) in [5, 5.41) is 8.52. The van der Waals surface area contributed by atoms with Crippen molar-refractivity contribution in [2.45, 2.75) is 23.1 Å². The highest BCUT2D eigenvalue weighted by Gasteiger charge is 2.40. The number of hydrogen-bond acceptors (Lipinski definition) is 4. The van der Waals surface area contributed by atoms with E-state index >= 15 is 0 Å². The molecule has 17 heavy (non-hydrogen) atoms. The van der Waals surface area contributed by atoms with Gasteiger partial charge in [0.05, 0.1) is 17.2 Å². The molecular weight excluding hydrogens is 306 g/mol. The Hall–Kier alpha value is -0.590. The van der Waals surface area contributed by atoms with Crippen molar-refractivity contribution in [3.05, 3.63) is 22.7 Å². The molecule has 0 saturated heterocycles. The Morgan fingerprint density at radius 3 is 2.71 bits per heavy atom. The Morgan fingerprint density at radius 1 is 1.47 bits per heavy atom. The van der Waals surface area contributed by atoms with Crippen molar-refractivity contribution in [1.82, 2.24) is 0 Å². The molecule has 1 aliphatic rings. The van der Waals surface area contributed by atoms with Gasteiger partial charge >= 0.3 is 0 Å². The van der Waals surface area contributed by atoms with Crippen molar-refractivity contribution in [2.24, 2.45) is 0 Å². The molecule has 0 spiro atoms. The van der Waals surface area contributed by atoms with Crippen LogP contribution in [0.3, 0.4) is 0 Å². The zero-order valence-electron chi connectivity index (χ0n) is 9.59. The fraction of sp³-hybridized carbons (Fsp3) is 0.455. The van der Waals surface area contributed by atoms with E-state index in [-0.39, 0.29) is 12.6 Å². The SMILES string of the molecule is CC1C(CO)S(=O)(=O)c2ccc(Br)cc2N1C. The third-order valence-corrected chi connectivity index (χ3v) is 6.13. The monoisotopic (exact) mass is 319 g/mol. The van der Waals surface area contributed by atoms with Gasteiger partial charge in [-0.1, -0.05) is 15.9 Å². The summed E-state index contributed by atoms with van der Waals surface area (Å²) in [6, 6.07) is 4.83. The summed E-state index contributed by atoms with van der Waals surface area (Å²) in [5.41, 5.74) is 0.677. The van der Waals surface area contributed by atoms with Gasteiger partial charge in [0.1, 0.15) is 5.25 Å². The molecule has 0 fully saturated rings. The van der Waals surface area contributed by atoms with Crippen LogP contribution < -0.4 is 4.90 Å². The molecular formula is C11H14BrNO3S. The number of rotatable bonds is 1. The highest BCUT2D eigenvalue weighted by molar-refractivity contribution is 9.10. The number of hydrogen-bond donors (Lipinski definition) is 1. The van der Waals surface area contributed by atoms with Crippen LogP contribution in [0.5, 0.6) is 0 Å². The van der Waals surface area contributed by atoms with Gasteiger partial charge < -0.3 is 10.0 Å². The molecule has 0 bridgehead atoms. The number of benzene rings is 1. The highest BCUT2D eigenvalue weighted by atomic mass is 79.9. The van der Waals surface area contributed by atoms with E-state index in [1.54, 1.807) is 18.2 Å². The van der Waals surface area contributed by atoms with Crippen LogP contribution in [0.1, 0.15) is 6.92 Å². The average molecular weight is 320 g/mol. The van der Waals surface area contributed by atoms with Crippen LogP contribution >= 0.6 is 15.9 Å². The first-order valence-electron chi connectivity index (χ1n) is 5.26. The van der Waals surface area contributed by atoms with E-state index in [0.717, 1.165) is 4.47 Å². The first-order valence-corrected chi connectivity index (χ1v) is 7.60. The van der Waals surface area contributed by atoms with Gasteiger partial charge in [0.25, 0.3) is 0 Å². The second-order valence-electron chi connectivity index (χ2n) is 4.23. The molecule has 2 rings (SSSR count). The fourth-order valence-electron chi connectivity index (χ4n) is 2.15. The van der Waals surface area contributed by atoms with E-state index in [1.165, 1.54) is 0 Å². The van der Waals surface area contributed by atoms with E-state index in [0.29, 0.717) is 10.6 Å². The van der Waals surface area contributed by atoms with Gasteiger partial charge in [-0.25, -0.2) is 8.42 Å². The van der Waals surface area contributed by atoms with Gasteiger partial charge in [-0.2, -0.15) is 0 Å². The predicted octanol–water partition coefficient (Wildman–Crippen LogP) is 1.42. The number of fused-ring (bicyclic) bond motifs is 1. The summed E-state index contributed by atoms with van der Waals surface area (Å²) in [4.78, 5) is 2.18. The second-order valence-corrected chi connectivity index (χ2v) is 7.28. The molecule has 0 saturated carbocycles. The molecule has 1 aliphatic heterocycles. The topological polar surface area (TPSA) is 57.6 Å². The summed E-state index contributed by atoms with van der Waals surface area (Å²) in [5.74, 6) is 0. The van der Waals surface area contributed by atoms with Crippen LogP contribution in [0.15, 0.2) is 27.6 Å². The van der Waals surface area contributed by atoms with Crippen LogP contribution in [0.2, 0.25) is 0 Å². The second kappa shape index (κ2) is 4.26. The normalized spacial score (nSPS) is 26.7. The van der Waals surface area contributed by atoms with Gasteiger partial charge in [-0.05, 0) is 25.1 Å². The lowest BCUT2D eigenvalue weighted by atomic mass is 10.1. The fourth-order valence-corrected chi connectivity index (χ4v) is 4.47. The van der Waals surface area contributed by atoms with Crippen LogP contribution in [0.4, 0.5) is 5.69 Å². The zero-order chi connectivity index (χ0) is 12.8. The summed E-state index contributed by atoms with van der Waals surface area (Å²) >= 11 is 3.34. The number of sulfone groups is 1. The van der Waals surface area contributed by atoms with Crippen molar-refractivity contribution in [2.75, 3.05) is 18.6 Å². The summed E-state index contributed by atoms with van der Waals surface area (Å²) in [7, 11) is -1.60. The summed E-state index contributed by atoms with van der Waals surface area (Å²) in [6.07, 6.45) is 0. The van der Waals surface area contributed by atoms with Crippen LogP contribution in [0.25, 0.3) is 0 Å². The molecule has 0 aromatic heterocycles. The third kappa shape index (κ3) is 1.88. The quantitative estimate of drug-likeness (QED) is 0.850. The maximum absolute atomic E-state index is 12.3. The lowest BCUT2D eigenvalue weighted by Gasteiger charge is -2.38. The zero-order valence-corrected chi connectivity index (χ0v) is 12.0. The van der Waals surface area contributed by atoms with E-state index in [1.807, 2.05) is 18.9 Å². The molecule has 0 aliphatic carbocycles. The number of anilines is 1. The first kappa shape index (κ1) is 12.9. The molecule has 1 aromatic rings. The molecule has 1 heterocycles. The van der Waals surface area contributed by atoms with Gasteiger partial charge in [-0.15, -0.1) is 0 Å². The lowest BCUT2D eigenvalue weighted by molar-refractivity contribution is 0.277. The van der Waals surface area contributed by atoms with Crippen molar-refractivity contribution in [1.29, 1.82) is 0 Å². The molecule has 1 aromatic carbocycles. The maximum Gasteiger partial charge on any atom is 0.187 e.